The fourth-order valence-electron chi connectivity index (χ4n) is 1.31. The van der Waals surface area contributed by atoms with Crippen molar-refractivity contribution in [3.8, 4) is 0 Å². The van der Waals surface area contributed by atoms with Gasteiger partial charge in [0, 0.05) is 6.04 Å². The first kappa shape index (κ1) is 12.2. The van der Waals surface area contributed by atoms with Crippen molar-refractivity contribution in [2.75, 3.05) is 5.75 Å². The second-order valence-electron chi connectivity index (χ2n) is 3.83. The summed E-state index contributed by atoms with van der Waals surface area (Å²) >= 11 is 0. The van der Waals surface area contributed by atoms with Gasteiger partial charge in [0.15, 0.2) is 0 Å². The number of rotatable bonds is 5. The Bertz CT molecular complexity index is 384. The molecule has 0 fully saturated rings. The number of sulfonamides is 1. The second-order valence-corrected chi connectivity index (χ2v) is 5.70. The van der Waals surface area contributed by atoms with Gasteiger partial charge >= 0.3 is 0 Å². The summed E-state index contributed by atoms with van der Waals surface area (Å²) in [6.45, 7) is 3.64. The van der Waals surface area contributed by atoms with E-state index in [1.165, 1.54) is 0 Å². The maximum absolute atomic E-state index is 11.5. The molecule has 0 atom stereocenters. The van der Waals surface area contributed by atoms with Gasteiger partial charge in [0.1, 0.15) is 0 Å². The summed E-state index contributed by atoms with van der Waals surface area (Å²) in [5.74, 6) is 0.148. The number of hydrogen-bond acceptors (Lipinski definition) is 2. The Labute approximate surface area is 91.6 Å². The molecule has 0 aromatic heterocycles. The number of hydrogen-bond donors (Lipinski definition) is 1. The lowest BCUT2D eigenvalue weighted by atomic mass is 10.2. The minimum Gasteiger partial charge on any atom is -0.213 e. The highest BCUT2D eigenvalue weighted by molar-refractivity contribution is 7.89. The Hall–Kier alpha value is -0.870. The van der Waals surface area contributed by atoms with Gasteiger partial charge in [-0.3, -0.25) is 0 Å². The zero-order valence-electron chi connectivity index (χ0n) is 9.10. The van der Waals surface area contributed by atoms with Gasteiger partial charge in [-0.1, -0.05) is 30.3 Å². The third kappa shape index (κ3) is 4.95. The van der Waals surface area contributed by atoms with Crippen molar-refractivity contribution in [3.05, 3.63) is 35.9 Å². The van der Waals surface area contributed by atoms with E-state index < -0.39 is 10.0 Å². The van der Waals surface area contributed by atoms with Gasteiger partial charge in [0.05, 0.1) is 5.75 Å². The first-order valence-corrected chi connectivity index (χ1v) is 6.69. The van der Waals surface area contributed by atoms with Gasteiger partial charge in [-0.05, 0) is 25.8 Å². The third-order valence-electron chi connectivity index (χ3n) is 1.92. The topological polar surface area (TPSA) is 46.2 Å². The normalized spacial score (nSPS) is 11.9. The molecule has 1 aromatic rings. The lowest BCUT2D eigenvalue weighted by Crippen LogP contribution is -2.32. The van der Waals surface area contributed by atoms with Gasteiger partial charge < -0.3 is 0 Å². The minimum absolute atomic E-state index is 0.0363. The molecule has 0 bridgehead atoms. The predicted octanol–water partition coefficient (Wildman–Crippen LogP) is 1.56. The summed E-state index contributed by atoms with van der Waals surface area (Å²) < 4.78 is 25.6. The summed E-state index contributed by atoms with van der Waals surface area (Å²) in [5, 5.41) is 0. The molecule has 4 heteroatoms. The first-order valence-electron chi connectivity index (χ1n) is 5.03. The van der Waals surface area contributed by atoms with E-state index in [1.807, 2.05) is 44.2 Å². The van der Waals surface area contributed by atoms with Crippen molar-refractivity contribution in [2.45, 2.75) is 26.3 Å². The molecule has 0 aliphatic carbocycles. The van der Waals surface area contributed by atoms with E-state index in [1.54, 1.807) is 0 Å². The van der Waals surface area contributed by atoms with Crippen LogP contribution in [0.2, 0.25) is 0 Å². The van der Waals surface area contributed by atoms with E-state index in [-0.39, 0.29) is 11.8 Å². The molecule has 3 nitrogen and oxygen atoms in total. The average molecular weight is 227 g/mol. The smallest absolute Gasteiger partial charge is 0.212 e. The largest absolute Gasteiger partial charge is 0.213 e. The Morgan fingerprint density at radius 3 is 2.33 bits per heavy atom. The molecule has 1 aromatic carbocycles. The fourth-order valence-corrected chi connectivity index (χ4v) is 2.66. The van der Waals surface area contributed by atoms with E-state index in [0.29, 0.717) is 6.42 Å². The second kappa shape index (κ2) is 5.28. The molecule has 1 rings (SSSR count). The van der Waals surface area contributed by atoms with Crippen LogP contribution in [0.25, 0.3) is 0 Å². The average Bonchev–Trinajstić information content (AvgIpc) is 2.15. The Morgan fingerprint density at radius 2 is 1.80 bits per heavy atom. The molecule has 0 radical (unpaired) electrons. The Morgan fingerprint density at radius 1 is 1.20 bits per heavy atom. The monoisotopic (exact) mass is 227 g/mol. The zero-order chi connectivity index (χ0) is 11.3. The van der Waals surface area contributed by atoms with Gasteiger partial charge in [-0.25, -0.2) is 13.1 Å². The van der Waals surface area contributed by atoms with Crippen LogP contribution in [0.3, 0.4) is 0 Å². The van der Waals surface area contributed by atoms with Gasteiger partial charge in [0.2, 0.25) is 10.0 Å². The van der Waals surface area contributed by atoms with Crippen LogP contribution < -0.4 is 4.72 Å². The Kier molecular flexibility index (Phi) is 4.29. The van der Waals surface area contributed by atoms with E-state index in [2.05, 4.69) is 4.72 Å². The molecule has 0 saturated carbocycles. The van der Waals surface area contributed by atoms with Gasteiger partial charge in [-0.15, -0.1) is 0 Å². The summed E-state index contributed by atoms with van der Waals surface area (Å²) in [6, 6.07) is 9.58. The maximum Gasteiger partial charge on any atom is 0.212 e. The SMILES string of the molecule is CC(C)NS(=O)(=O)CCc1ccccc1. The zero-order valence-corrected chi connectivity index (χ0v) is 9.92. The van der Waals surface area contributed by atoms with Gasteiger partial charge in [0.25, 0.3) is 0 Å². The number of benzene rings is 1. The molecule has 0 spiro atoms. The van der Waals surface area contributed by atoms with E-state index in [9.17, 15) is 8.42 Å². The molecule has 0 heterocycles. The molecular formula is C11H17NO2S. The predicted molar refractivity (Wildman–Crippen MR) is 62.2 cm³/mol. The van der Waals surface area contributed by atoms with Crippen LogP contribution in [0.5, 0.6) is 0 Å². The van der Waals surface area contributed by atoms with Crippen molar-refractivity contribution in [1.29, 1.82) is 0 Å². The molecule has 0 aliphatic rings. The van der Waals surface area contributed by atoms with Crippen molar-refractivity contribution in [1.82, 2.24) is 4.72 Å². The molecule has 0 aliphatic heterocycles. The highest BCUT2D eigenvalue weighted by Gasteiger charge is 2.11. The standard InChI is InChI=1S/C11H17NO2S/c1-10(2)12-15(13,14)9-8-11-6-4-3-5-7-11/h3-7,10,12H,8-9H2,1-2H3. The maximum atomic E-state index is 11.5. The van der Waals surface area contributed by atoms with Crippen LogP contribution in [-0.2, 0) is 16.4 Å². The molecular weight excluding hydrogens is 210 g/mol. The van der Waals surface area contributed by atoms with Crippen molar-refractivity contribution < 1.29 is 8.42 Å². The van der Waals surface area contributed by atoms with E-state index >= 15 is 0 Å². The van der Waals surface area contributed by atoms with Crippen molar-refractivity contribution in [3.63, 3.8) is 0 Å². The third-order valence-corrected chi connectivity index (χ3v) is 3.49. The molecule has 84 valence electrons. The summed E-state index contributed by atoms with van der Waals surface area (Å²) in [7, 11) is -3.13. The van der Waals surface area contributed by atoms with E-state index in [0.717, 1.165) is 5.56 Å². The molecule has 0 amide bonds. The Balaban J connectivity index is 2.50. The lowest BCUT2D eigenvalue weighted by molar-refractivity contribution is 0.569. The van der Waals surface area contributed by atoms with Gasteiger partial charge in [-0.2, -0.15) is 0 Å². The van der Waals surface area contributed by atoms with Crippen LogP contribution in [0.15, 0.2) is 30.3 Å². The highest BCUT2D eigenvalue weighted by atomic mass is 32.2. The van der Waals surface area contributed by atoms with Crippen LogP contribution in [0, 0.1) is 0 Å². The summed E-state index contributed by atoms with van der Waals surface area (Å²) in [5.41, 5.74) is 1.05. The molecule has 0 saturated heterocycles. The molecule has 15 heavy (non-hydrogen) atoms. The van der Waals surface area contributed by atoms with Crippen molar-refractivity contribution in [2.24, 2.45) is 0 Å². The first-order chi connectivity index (χ1) is 6.99. The fraction of sp³-hybridized carbons (Fsp3) is 0.455. The highest BCUT2D eigenvalue weighted by Crippen LogP contribution is 2.01. The number of aryl methyl sites for hydroxylation is 1. The molecule has 0 unspecified atom stereocenters. The van der Waals surface area contributed by atoms with Crippen LogP contribution in [0.1, 0.15) is 19.4 Å². The number of nitrogens with one attached hydrogen (secondary N) is 1. The van der Waals surface area contributed by atoms with Crippen LogP contribution in [-0.4, -0.2) is 20.2 Å². The van der Waals surface area contributed by atoms with E-state index in [4.69, 9.17) is 0 Å². The molecule has 1 N–H and O–H groups in total. The lowest BCUT2D eigenvalue weighted by Gasteiger charge is -2.09. The summed E-state index contributed by atoms with van der Waals surface area (Å²) in [6.07, 6.45) is 0.558. The van der Waals surface area contributed by atoms with Crippen molar-refractivity contribution >= 4 is 10.0 Å². The minimum atomic E-state index is -3.13. The van der Waals surface area contributed by atoms with Crippen LogP contribution in [0.4, 0.5) is 0 Å². The quantitative estimate of drug-likeness (QED) is 0.829. The van der Waals surface area contributed by atoms with Crippen LogP contribution >= 0.6 is 0 Å². The summed E-state index contributed by atoms with van der Waals surface area (Å²) in [4.78, 5) is 0.